The number of ketones is 1. The SMILES string of the molecule is CC(=O)O[C@H]1C(=O)[C@@]2(C)[C@H]([C@H](OC(=O)c3ccccc3)[C@]3(O)C[C@H](OC(=O)[C@H](O)[C@@H](NC(=O)c4ccc(F)cc4)c4ccc(F)cc4)C(C)=C1C3(C)C)[C@]1(OC(C)=O)CO[C@@H]1C[C@@H]2O. The molecule has 2 bridgehead atoms. The highest BCUT2D eigenvalue weighted by Crippen LogP contribution is 2.64. The van der Waals surface area contributed by atoms with E-state index in [0.717, 1.165) is 38.1 Å². The summed E-state index contributed by atoms with van der Waals surface area (Å²) < 4.78 is 57.9. The zero-order chi connectivity index (χ0) is 46.7. The molecule has 7 rings (SSSR count). The second kappa shape index (κ2) is 16.9. The number of hydrogen-bond acceptors (Lipinski definition) is 14. The van der Waals surface area contributed by atoms with Crippen LogP contribution in [0.25, 0.3) is 0 Å². The first-order valence-electron chi connectivity index (χ1n) is 20.7. The Labute approximate surface area is 366 Å². The van der Waals surface area contributed by atoms with E-state index in [2.05, 4.69) is 5.32 Å². The molecule has 1 aliphatic heterocycles. The largest absolute Gasteiger partial charge is 0.456 e. The number of fused-ring (bicyclic) bond motifs is 5. The van der Waals surface area contributed by atoms with E-state index in [1.807, 2.05) is 0 Å². The van der Waals surface area contributed by atoms with Gasteiger partial charge < -0.3 is 44.3 Å². The number of esters is 4. The lowest BCUT2D eigenvalue weighted by Gasteiger charge is -2.67. The van der Waals surface area contributed by atoms with Gasteiger partial charge in [0.25, 0.3) is 5.91 Å². The van der Waals surface area contributed by atoms with Gasteiger partial charge in [0.2, 0.25) is 0 Å². The van der Waals surface area contributed by atoms with Crippen molar-refractivity contribution in [2.45, 2.75) is 108 Å². The highest BCUT2D eigenvalue weighted by Gasteiger charge is 2.78. The average molecular weight is 890 g/mol. The van der Waals surface area contributed by atoms with Crippen LogP contribution in [0.2, 0.25) is 0 Å². The number of aliphatic hydroxyl groups excluding tert-OH is 2. The summed E-state index contributed by atoms with van der Waals surface area (Å²) in [5.74, 6) is -8.79. The number of hydrogen-bond donors (Lipinski definition) is 4. The van der Waals surface area contributed by atoms with Gasteiger partial charge in [-0.15, -0.1) is 0 Å². The van der Waals surface area contributed by atoms with Crippen molar-refractivity contribution in [3.63, 3.8) is 0 Å². The number of amides is 1. The fourth-order valence-electron chi connectivity index (χ4n) is 10.2. The summed E-state index contributed by atoms with van der Waals surface area (Å²) >= 11 is 0. The minimum atomic E-state index is -2.47. The molecule has 0 radical (unpaired) electrons. The third-order valence-corrected chi connectivity index (χ3v) is 13.6. The van der Waals surface area contributed by atoms with Crippen LogP contribution in [0, 0.1) is 28.4 Å². The first-order chi connectivity index (χ1) is 30.1. The molecule has 3 aromatic carbocycles. The molecule has 0 unspecified atom stereocenters. The molecule has 0 spiro atoms. The van der Waals surface area contributed by atoms with E-state index in [1.54, 1.807) is 18.2 Å². The van der Waals surface area contributed by atoms with Crippen molar-refractivity contribution in [1.29, 1.82) is 0 Å². The van der Waals surface area contributed by atoms with E-state index >= 15 is 4.79 Å². The topological polar surface area (TPSA) is 221 Å². The molecule has 1 saturated heterocycles. The molecular weight excluding hydrogens is 841 g/mol. The van der Waals surface area contributed by atoms with Gasteiger partial charge in [0, 0.05) is 37.7 Å². The lowest BCUT2D eigenvalue weighted by atomic mass is 9.44. The van der Waals surface area contributed by atoms with Crippen LogP contribution in [0.3, 0.4) is 0 Å². The quantitative estimate of drug-likeness (QED) is 0.128. The second-order valence-electron chi connectivity index (χ2n) is 17.6. The van der Waals surface area contributed by atoms with Crippen LogP contribution in [-0.2, 0) is 42.9 Å². The summed E-state index contributed by atoms with van der Waals surface area (Å²) in [6.45, 7) is 7.65. The molecule has 4 aliphatic rings. The van der Waals surface area contributed by atoms with Gasteiger partial charge >= 0.3 is 23.9 Å². The Hall–Kier alpha value is -5.88. The van der Waals surface area contributed by atoms with Crippen molar-refractivity contribution in [2.75, 3.05) is 6.61 Å². The van der Waals surface area contributed by atoms with Gasteiger partial charge in [0.15, 0.2) is 23.6 Å². The number of halogens is 2. The van der Waals surface area contributed by atoms with Gasteiger partial charge in [0.05, 0.1) is 35.6 Å². The molecule has 3 fully saturated rings. The Balaban J connectivity index is 1.38. The Bertz CT molecular complexity index is 2390. The van der Waals surface area contributed by atoms with Crippen molar-refractivity contribution < 1.29 is 76.6 Å². The number of carbonyl (C=O) groups excluding carboxylic acids is 6. The van der Waals surface area contributed by atoms with Gasteiger partial charge in [-0.3, -0.25) is 19.2 Å². The Kier molecular flexibility index (Phi) is 12.2. The highest BCUT2D eigenvalue weighted by molar-refractivity contribution is 5.96. The fourth-order valence-corrected chi connectivity index (χ4v) is 10.2. The first kappa shape index (κ1) is 46.1. The van der Waals surface area contributed by atoms with Crippen molar-refractivity contribution in [1.82, 2.24) is 5.32 Å². The summed E-state index contributed by atoms with van der Waals surface area (Å²) in [6.07, 6.45) is -11.2. The van der Waals surface area contributed by atoms with Gasteiger partial charge in [0.1, 0.15) is 35.5 Å². The monoisotopic (exact) mass is 889 g/mol. The second-order valence-corrected chi connectivity index (χ2v) is 17.6. The molecule has 64 heavy (non-hydrogen) atoms. The lowest BCUT2D eigenvalue weighted by Crippen LogP contribution is -2.82. The molecule has 2 saturated carbocycles. The van der Waals surface area contributed by atoms with E-state index in [0.29, 0.717) is 0 Å². The van der Waals surface area contributed by atoms with Crippen LogP contribution in [0.1, 0.15) is 86.7 Å². The number of nitrogens with one attached hydrogen (secondary N) is 1. The molecule has 0 aromatic heterocycles. The Morgan fingerprint density at radius 2 is 1.45 bits per heavy atom. The zero-order valence-corrected chi connectivity index (χ0v) is 35.8. The van der Waals surface area contributed by atoms with Crippen LogP contribution >= 0.6 is 0 Å². The molecule has 3 aromatic rings. The van der Waals surface area contributed by atoms with E-state index in [1.165, 1.54) is 64.1 Å². The molecule has 1 heterocycles. The van der Waals surface area contributed by atoms with Crippen molar-refractivity contribution in [2.24, 2.45) is 16.7 Å². The number of Topliss-reactive ketones (excluding diaryl/α,β-unsaturated/α-hetero) is 1. The molecule has 340 valence electrons. The van der Waals surface area contributed by atoms with E-state index < -0.39 is 124 Å². The number of rotatable bonds is 10. The van der Waals surface area contributed by atoms with Gasteiger partial charge in [-0.25, -0.2) is 18.4 Å². The van der Waals surface area contributed by atoms with Crippen molar-refractivity contribution in [3.8, 4) is 0 Å². The molecule has 11 atom stereocenters. The predicted octanol–water partition coefficient (Wildman–Crippen LogP) is 4.01. The van der Waals surface area contributed by atoms with Crippen molar-refractivity contribution in [3.05, 3.63) is 118 Å². The van der Waals surface area contributed by atoms with Crippen LogP contribution in [0.5, 0.6) is 0 Å². The highest BCUT2D eigenvalue weighted by atomic mass is 19.1. The molecule has 1 amide bonds. The summed E-state index contributed by atoms with van der Waals surface area (Å²) in [5.41, 5.74) is -8.07. The van der Waals surface area contributed by atoms with E-state index in [9.17, 15) is 48.1 Å². The Morgan fingerprint density at radius 3 is 2.02 bits per heavy atom. The number of carbonyl (C=O) groups is 6. The number of ether oxygens (including phenoxy) is 5. The van der Waals surface area contributed by atoms with Gasteiger partial charge in [-0.1, -0.05) is 44.2 Å². The number of benzene rings is 3. The van der Waals surface area contributed by atoms with Crippen LogP contribution < -0.4 is 5.32 Å². The third kappa shape index (κ3) is 7.67. The summed E-state index contributed by atoms with van der Waals surface area (Å²) in [5, 5.41) is 40.0. The number of aliphatic hydroxyl groups is 3. The third-order valence-electron chi connectivity index (χ3n) is 13.6. The van der Waals surface area contributed by atoms with Gasteiger partial charge in [-0.2, -0.15) is 0 Å². The van der Waals surface area contributed by atoms with Gasteiger partial charge in [-0.05, 0) is 79.1 Å². The van der Waals surface area contributed by atoms with Crippen LogP contribution in [0.15, 0.2) is 90.0 Å². The summed E-state index contributed by atoms with van der Waals surface area (Å²) in [6, 6.07) is 15.0. The summed E-state index contributed by atoms with van der Waals surface area (Å²) in [4.78, 5) is 83.4. The van der Waals surface area contributed by atoms with Crippen LogP contribution in [-0.4, -0.2) is 105 Å². The average Bonchev–Trinajstić information content (AvgIpc) is 3.24. The molecule has 4 N–H and O–H groups in total. The minimum absolute atomic E-state index is 0.0273. The standard InChI is InChI=1S/C47H49F2NO14/c1-23-31(62-43(58)36(54)35(26-12-16-29(48)17-13-26)50-41(56)27-14-18-30(49)19-15-27)21-47(59)40(63-42(57)28-10-8-7-9-11-28)38-45(6,32(53)20-33-46(38,22-60-33)64-25(3)52)39(55)37(61-24(2)51)34(23)44(47,4)5/h7-19,31-33,35-38,40,53-54,59H,20-22H2,1-6H3,(H,50,56)/t31-,32-,33+,35-,36+,37+,38-,40-,45+,46-,47+/m0/s1. The summed E-state index contributed by atoms with van der Waals surface area (Å²) in [7, 11) is 0. The first-order valence-corrected chi connectivity index (χ1v) is 20.7. The van der Waals surface area contributed by atoms with Crippen molar-refractivity contribution >= 4 is 35.6 Å². The van der Waals surface area contributed by atoms with E-state index in [-0.39, 0.29) is 40.9 Å². The van der Waals surface area contributed by atoms with Crippen LogP contribution in [0.4, 0.5) is 8.78 Å². The predicted molar refractivity (Wildman–Crippen MR) is 218 cm³/mol. The normalized spacial score (nSPS) is 31.3. The zero-order valence-electron chi connectivity index (χ0n) is 35.8. The fraction of sp³-hybridized carbons (Fsp3) is 0.447. The smallest absolute Gasteiger partial charge is 0.338 e. The molecule has 15 nitrogen and oxygen atoms in total. The minimum Gasteiger partial charge on any atom is -0.456 e. The molecule has 17 heteroatoms. The molecule has 3 aliphatic carbocycles. The maximum Gasteiger partial charge on any atom is 0.338 e. The lowest BCUT2D eigenvalue weighted by molar-refractivity contribution is -0.346. The van der Waals surface area contributed by atoms with E-state index in [4.69, 9.17) is 23.7 Å². The maximum atomic E-state index is 15.5. The molecular formula is C47H49F2NO14. The Morgan fingerprint density at radius 1 is 0.844 bits per heavy atom. The maximum absolute atomic E-state index is 15.5.